The minimum atomic E-state index is 0.438. The van der Waals surface area contributed by atoms with Crippen molar-refractivity contribution in [3.05, 3.63) is 70.8 Å². The van der Waals surface area contributed by atoms with E-state index in [0.29, 0.717) is 12.1 Å². The highest BCUT2D eigenvalue weighted by Gasteiger charge is 2.31. The van der Waals surface area contributed by atoms with Gasteiger partial charge in [-0.25, -0.2) is 0 Å². The van der Waals surface area contributed by atoms with Crippen molar-refractivity contribution < 1.29 is 0 Å². The molecule has 0 amide bonds. The van der Waals surface area contributed by atoms with Gasteiger partial charge in [0.15, 0.2) is 0 Å². The molecule has 110 valence electrons. The fourth-order valence-corrected chi connectivity index (χ4v) is 3.36. The summed E-state index contributed by atoms with van der Waals surface area (Å²) < 4.78 is 0. The van der Waals surface area contributed by atoms with Crippen LogP contribution in [0.25, 0.3) is 0 Å². The summed E-state index contributed by atoms with van der Waals surface area (Å²) in [5.41, 5.74) is 5.69. The SMILES string of the molecule is Cc1ccc(C(C)NC2CC(c3ccccc3C)C2)cc1. The Balaban J connectivity index is 1.55. The summed E-state index contributed by atoms with van der Waals surface area (Å²) in [6, 6.07) is 18.8. The molecule has 1 saturated carbocycles. The van der Waals surface area contributed by atoms with Crippen LogP contribution in [0, 0.1) is 13.8 Å². The quantitative estimate of drug-likeness (QED) is 0.839. The Morgan fingerprint density at radius 1 is 0.952 bits per heavy atom. The Hall–Kier alpha value is -1.60. The molecule has 0 heterocycles. The van der Waals surface area contributed by atoms with Crippen molar-refractivity contribution >= 4 is 0 Å². The van der Waals surface area contributed by atoms with Gasteiger partial charge in [-0.2, -0.15) is 0 Å². The summed E-state index contributed by atoms with van der Waals surface area (Å²) in [6.45, 7) is 6.64. The fraction of sp³-hybridized carbons (Fsp3) is 0.400. The Labute approximate surface area is 128 Å². The Morgan fingerprint density at radius 3 is 2.29 bits per heavy atom. The molecule has 0 spiro atoms. The van der Waals surface area contributed by atoms with Crippen LogP contribution in [-0.2, 0) is 0 Å². The van der Waals surface area contributed by atoms with Crippen molar-refractivity contribution in [1.29, 1.82) is 0 Å². The molecular formula is C20H25N. The molecule has 21 heavy (non-hydrogen) atoms. The third-order valence-electron chi connectivity index (χ3n) is 4.83. The van der Waals surface area contributed by atoms with Crippen molar-refractivity contribution in [2.75, 3.05) is 0 Å². The maximum Gasteiger partial charge on any atom is 0.0294 e. The molecule has 2 aromatic rings. The molecule has 0 bridgehead atoms. The maximum absolute atomic E-state index is 3.77. The lowest BCUT2D eigenvalue weighted by Gasteiger charge is -2.39. The average molecular weight is 279 g/mol. The summed E-state index contributed by atoms with van der Waals surface area (Å²) in [4.78, 5) is 0. The highest BCUT2D eigenvalue weighted by atomic mass is 15.0. The van der Waals surface area contributed by atoms with Crippen molar-refractivity contribution in [2.45, 2.75) is 51.6 Å². The topological polar surface area (TPSA) is 12.0 Å². The molecule has 0 saturated heterocycles. The van der Waals surface area contributed by atoms with E-state index in [4.69, 9.17) is 0 Å². The number of hydrogen-bond donors (Lipinski definition) is 1. The number of rotatable bonds is 4. The third kappa shape index (κ3) is 3.19. The first-order valence-electron chi connectivity index (χ1n) is 8.01. The van der Waals surface area contributed by atoms with Crippen LogP contribution in [-0.4, -0.2) is 6.04 Å². The summed E-state index contributed by atoms with van der Waals surface area (Å²) in [7, 11) is 0. The lowest BCUT2D eigenvalue weighted by atomic mass is 9.74. The standard InChI is InChI=1S/C20H25N/c1-14-8-10-17(11-9-14)16(3)21-19-12-18(13-19)20-7-5-4-6-15(20)2/h4-11,16,18-19,21H,12-13H2,1-3H3. The predicted octanol–water partition coefficient (Wildman–Crippen LogP) is 4.90. The predicted molar refractivity (Wildman–Crippen MR) is 89.7 cm³/mol. The van der Waals surface area contributed by atoms with Crippen molar-refractivity contribution in [3.63, 3.8) is 0 Å². The van der Waals surface area contributed by atoms with Gasteiger partial charge < -0.3 is 5.32 Å². The average Bonchev–Trinajstić information content (AvgIpc) is 2.44. The molecule has 1 aliphatic rings. The van der Waals surface area contributed by atoms with E-state index in [1.54, 1.807) is 5.56 Å². The number of aryl methyl sites for hydroxylation is 2. The number of hydrogen-bond acceptors (Lipinski definition) is 1. The van der Waals surface area contributed by atoms with Gasteiger partial charge in [-0.1, -0.05) is 54.1 Å². The lowest BCUT2D eigenvalue weighted by Crippen LogP contribution is -2.41. The Bertz CT molecular complexity index is 593. The molecule has 1 nitrogen and oxygen atoms in total. The Morgan fingerprint density at radius 2 is 1.62 bits per heavy atom. The smallest absolute Gasteiger partial charge is 0.0294 e. The van der Waals surface area contributed by atoms with Gasteiger partial charge in [-0.15, -0.1) is 0 Å². The fourth-order valence-electron chi connectivity index (χ4n) is 3.36. The van der Waals surface area contributed by atoms with Crippen LogP contribution in [0.5, 0.6) is 0 Å². The second-order valence-electron chi connectivity index (χ2n) is 6.52. The first kappa shape index (κ1) is 14.3. The second kappa shape index (κ2) is 6.03. The van der Waals surface area contributed by atoms with Gasteiger partial charge in [0, 0.05) is 12.1 Å². The molecule has 1 fully saturated rings. The molecule has 3 rings (SSSR count). The summed E-state index contributed by atoms with van der Waals surface area (Å²) in [6.07, 6.45) is 2.53. The van der Waals surface area contributed by atoms with E-state index >= 15 is 0 Å². The van der Waals surface area contributed by atoms with Crippen LogP contribution in [0.15, 0.2) is 48.5 Å². The zero-order valence-corrected chi connectivity index (χ0v) is 13.3. The van der Waals surface area contributed by atoms with E-state index in [1.165, 1.54) is 29.5 Å². The Kier molecular flexibility index (Phi) is 4.12. The first-order valence-corrected chi connectivity index (χ1v) is 8.01. The molecule has 1 aliphatic carbocycles. The van der Waals surface area contributed by atoms with E-state index in [2.05, 4.69) is 74.6 Å². The monoisotopic (exact) mass is 279 g/mol. The highest BCUT2D eigenvalue weighted by Crippen LogP contribution is 2.39. The van der Waals surface area contributed by atoms with Crippen LogP contribution in [0.1, 0.15) is 54.0 Å². The maximum atomic E-state index is 3.77. The molecule has 2 aromatic carbocycles. The van der Waals surface area contributed by atoms with E-state index in [0.717, 1.165) is 5.92 Å². The highest BCUT2D eigenvalue weighted by molar-refractivity contribution is 5.31. The van der Waals surface area contributed by atoms with E-state index in [-0.39, 0.29) is 0 Å². The summed E-state index contributed by atoms with van der Waals surface area (Å²) in [5.74, 6) is 0.744. The summed E-state index contributed by atoms with van der Waals surface area (Å²) >= 11 is 0. The molecule has 0 aromatic heterocycles. The first-order chi connectivity index (χ1) is 10.1. The zero-order valence-electron chi connectivity index (χ0n) is 13.3. The molecule has 1 unspecified atom stereocenters. The minimum absolute atomic E-state index is 0.438. The molecule has 1 N–H and O–H groups in total. The van der Waals surface area contributed by atoms with E-state index < -0.39 is 0 Å². The van der Waals surface area contributed by atoms with Gasteiger partial charge in [0.05, 0.1) is 0 Å². The van der Waals surface area contributed by atoms with Gasteiger partial charge in [-0.3, -0.25) is 0 Å². The lowest BCUT2D eigenvalue weighted by molar-refractivity contribution is 0.270. The molecule has 1 heteroatoms. The second-order valence-corrected chi connectivity index (χ2v) is 6.52. The van der Waals surface area contributed by atoms with Crippen LogP contribution >= 0.6 is 0 Å². The normalized spacial score (nSPS) is 22.6. The van der Waals surface area contributed by atoms with Crippen molar-refractivity contribution in [3.8, 4) is 0 Å². The molecule has 0 radical (unpaired) electrons. The molecular weight excluding hydrogens is 254 g/mol. The van der Waals surface area contributed by atoms with Crippen LogP contribution in [0.4, 0.5) is 0 Å². The van der Waals surface area contributed by atoms with Crippen LogP contribution in [0.3, 0.4) is 0 Å². The van der Waals surface area contributed by atoms with Gasteiger partial charge in [0.25, 0.3) is 0 Å². The molecule has 1 atom stereocenters. The van der Waals surface area contributed by atoms with Gasteiger partial charge in [0.1, 0.15) is 0 Å². The molecule has 0 aliphatic heterocycles. The summed E-state index contributed by atoms with van der Waals surface area (Å²) in [5, 5.41) is 3.77. The van der Waals surface area contributed by atoms with Gasteiger partial charge in [-0.05, 0) is 56.2 Å². The van der Waals surface area contributed by atoms with Crippen LogP contribution in [0.2, 0.25) is 0 Å². The van der Waals surface area contributed by atoms with Crippen LogP contribution < -0.4 is 5.32 Å². The van der Waals surface area contributed by atoms with E-state index in [9.17, 15) is 0 Å². The number of benzene rings is 2. The van der Waals surface area contributed by atoms with E-state index in [1.807, 2.05) is 0 Å². The minimum Gasteiger partial charge on any atom is -0.307 e. The van der Waals surface area contributed by atoms with Crippen molar-refractivity contribution in [1.82, 2.24) is 5.32 Å². The number of nitrogens with one attached hydrogen (secondary N) is 1. The largest absolute Gasteiger partial charge is 0.307 e. The van der Waals surface area contributed by atoms with Gasteiger partial charge >= 0.3 is 0 Å². The third-order valence-corrected chi connectivity index (χ3v) is 4.83. The van der Waals surface area contributed by atoms with Crippen molar-refractivity contribution in [2.24, 2.45) is 0 Å². The van der Waals surface area contributed by atoms with Gasteiger partial charge in [0.2, 0.25) is 0 Å². The zero-order chi connectivity index (χ0) is 14.8.